The molecule has 0 bridgehead atoms. The standard InChI is InChI=1S/C34H33F7N2O6S/c1-22(44)42-18-15-23(16-19-42)30(45)43-20-17-31(21-43,50(46,47)29-13-7-26(35)8-14-29)24-3-5-25(6-4-24)32(33(36,37)38,34(39,40)41)49-28-11-9-27(48-2)10-12-28/h3-14,23H,15-21H2,1-2H3. The highest BCUT2D eigenvalue weighted by Crippen LogP contribution is 2.54. The van der Waals surface area contributed by atoms with Crippen molar-refractivity contribution < 1.29 is 58.2 Å². The van der Waals surface area contributed by atoms with Crippen molar-refractivity contribution in [2.75, 3.05) is 33.3 Å². The highest BCUT2D eigenvalue weighted by molar-refractivity contribution is 7.92. The Morgan fingerprint density at radius 2 is 1.32 bits per heavy atom. The Morgan fingerprint density at radius 1 is 0.780 bits per heavy atom. The van der Waals surface area contributed by atoms with Gasteiger partial charge < -0.3 is 19.3 Å². The van der Waals surface area contributed by atoms with Crippen LogP contribution >= 0.6 is 0 Å². The predicted molar refractivity (Wildman–Crippen MR) is 165 cm³/mol. The van der Waals surface area contributed by atoms with Gasteiger partial charge in [-0.1, -0.05) is 24.3 Å². The minimum absolute atomic E-state index is 0.0937. The fraction of sp³-hybridized carbons (Fsp3) is 0.412. The topological polar surface area (TPSA) is 93.2 Å². The Morgan fingerprint density at radius 3 is 1.82 bits per heavy atom. The van der Waals surface area contributed by atoms with E-state index in [0.29, 0.717) is 38.1 Å². The smallest absolute Gasteiger partial charge is 0.442 e. The van der Waals surface area contributed by atoms with Crippen molar-refractivity contribution >= 4 is 21.7 Å². The van der Waals surface area contributed by atoms with E-state index in [9.17, 15) is 48.7 Å². The summed E-state index contributed by atoms with van der Waals surface area (Å²) in [6.45, 7) is 1.48. The van der Waals surface area contributed by atoms with Crippen LogP contribution in [0.3, 0.4) is 0 Å². The number of alkyl halides is 6. The molecule has 0 aliphatic carbocycles. The van der Waals surface area contributed by atoms with Crippen LogP contribution in [0.15, 0.2) is 77.7 Å². The van der Waals surface area contributed by atoms with Gasteiger partial charge in [-0.3, -0.25) is 9.59 Å². The third kappa shape index (κ3) is 6.49. The van der Waals surface area contributed by atoms with Gasteiger partial charge in [0.25, 0.3) is 0 Å². The Kier molecular flexibility index (Phi) is 9.91. The zero-order valence-electron chi connectivity index (χ0n) is 26.9. The van der Waals surface area contributed by atoms with E-state index < -0.39 is 62.1 Å². The molecule has 2 amide bonds. The largest absolute Gasteiger partial charge is 0.497 e. The van der Waals surface area contributed by atoms with Gasteiger partial charge in [0.05, 0.1) is 12.0 Å². The molecule has 2 aliphatic heterocycles. The summed E-state index contributed by atoms with van der Waals surface area (Å²) in [5.74, 6) is -2.42. The van der Waals surface area contributed by atoms with E-state index >= 15 is 0 Å². The van der Waals surface area contributed by atoms with Gasteiger partial charge in [-0.2, -0.15) is 26.3 Å². The Bertz CT molecular complexity index is 1790. The van der Waals surface area contributed by atoms with Crippen LogP contribution in [-0.4, -0.2) is 75.7 Å². The van der Waals surface area contributed by atoms with Gasteiger partial charge in [-0.25, -0.2) is 12.8 Å². The second kappa shape index (κ2) is 13.4. The first-order chi connectivity index (χ1) is 23.4. The first-order valence-electron chi connectivity index (χ1n) is 15.5. The SMILES string of the molecule is COc1ccc(OC(c2ccc(C3(S(=O)(=O)c4ccc(F)cc4)CCN(C(=O)C4CCN(C(C)=O)CC4)C3)cc2)(C(F)(F)F)C(F)(F)F)cc1. The number of likely N-dealkylation sites (tertiary alicyclic amines) is 2. The number of nitrogens with zero attached hydrogens (tertiary/aromatic N) is 2. The van der Waals surface area contributed by atoms with Crippen molar-refractivity contribution in [3.63, 3.8) is 0 Å². The molecule has 0 saturated carbocycles. The van der Waals surface area contributed by atoms with Crippen LogP contribution in [0.4, 0.5) is 30.7 Å². The molecule has 2 aliphatic rings. The Labute approximate surface area is 283 Å². The summed E-state index contributed by atoms with van der Waals surface area (Å²) in [7, 11) is -3.29. The number of amides is 2. The van der Waals surface area contributed by atoms with Gasteiger partial charge in [0.15, 0.2) is 9.84 Å². The third-order valence-corrected chi connectivity index (χ3v) is 11.9. The lowest BCUT2D eigenvalue weighted by Crippen LogP contribution is -2.58. The van der Waals surface area contributed by atoms with Crippen LogP contribution < -0.4 is 9.47 Å². The molecular formula is C34H33F7N2O6S. The van der Waals surface area contributed by atoms with Crippen LogP contribution in [0.5, 0.6) is 11.5 Å². The van der Waals surface area contributed by atoms with Gasteiger partial charge in [0.2, 0.25) is 11.8 Å². The van der Waals surface area contributed by atoms with Gasteiger partial charge in [-0.15, -0.1) is 0 Å². The molecule has 2 fully saturated rings. The number of benzene rings is 3. The quantitative estimate of drug-likeness (QED) is 0.197. The van der Waals surface area contributed by atoms with Crippen molar-refractivity contribution in [2.24, 2.45) is 5.92 Å². The van der Waals surface area contributed by atoms with E-state index in [-0.39, 0.29) is 41.0 Å². The number of piperidine rings is 1. The molecule has 8 nitrogen and oxygen atoms in total. The van der Waals surface area contributed by atoms with E-state index in [1.54, 1.807) is 4.90 Å². The number of rotatable bonds is 8. The molecule has 0 N–H and O–H groups in total. The average Bonchev–Trinajstić information content (AvgIpc) is 3.54. The lowest BCUT2D eigenvalue weighted by Gasteiger charge is -2.38. The summed E-state index contributed by atoms with van der Waals surface area (Å²) in [5.41, 5.74) is -6.40. The minimum atomic E-state index is -6.04. The van der Waals surface area contributed by atoms with Crippen molar-refractivity contribution in [1.82, 2.24) is 9.80 Å². The number of methoxy groups -OCH3 is 1. The monoisotopic (exact) mass is 730 g/mol. The number of hydrogen-bond acceptors (Lipinski definition) is 6. The number of sulfone groups is 1. The molecule has 1 atom stereocenters. The van der Waals surface area contributed by atoms with Crippen LogP contribution in [0.1, 0.15) is 37.3 Å². The summed E-state index contributed by atoms with van der Waals surface area (Å²) >= 11 is 0. The highest BCUT2D eigenvalue weighted by Gasteiger charge is 2.75. The molecule has 2 saturated heterocycles. The molecule has 5 rings (SSSR count). The van der Waals surface area contributed by atoms with E-state index in [4.69, 9.17) is 9.47 Å². The summed E-state index contributed by atoms with van der Waals surface area (Å²) in [6.07, 6.45) is -11.7. The van der Waals surface area contributed by atoms with Crippen LogP contribution in [-0.2, 0) is 29.8 Å². The summed E-state index contributed by atoms with van der Waals surface area (Å²) in [4.78, 5) is 27.9. The highest BCUT2D eigenvalue weighted by atomic mass is 32.2. The molecule has 0 aromatic heterocycles. The van der Waals surface area contributed by atoms with Crippen molar-refractivity contribution in [3.05, 3.63) is 89.7 Å². The van der Waals surface area contributed by atoms with E-state index in [1.165, 1.54) is 18.9 Å². The van der Waals surface area contributed by atoms with Crippen molar-refractivity contribution in [3.8, 4) is 11.5 Å². The van der Waals surface area contributed by atoms with Gasteiger partial charge in [-0.05, 0) is 73.4 Å². The minimum Gasteiger partial charge on any atom is -0.497 e. The predicted octanol–water partition coefficient (Wildman–Crippen LogP) is 6.39. The second-order valence-electron chi connectivity index (χ2n) is 12.3. The van der Waals surface area contributed by atoms with Crippen LogP contribution in [0, 0.1) is 11.7 Å². The molecule has 0 spiro atoms. The van der Waals surface area contributed by atoms with E-state index in [2.05, 4.69) is 0 Å². The molecule has 50 heavy (non-hydrogen) atoms. The number of carbonyl (C=O) groups excluding carboxylic acids is 2. The third-order valence-electron chi connectivity index (χ3n) is 9.42. The number of ether oxygens (including phenoxy) is 2. The van der Waals surface area contributed by atoms with Gasteiger partial charge in [0.1, 0.15) is 22.1 Å². The molecular weight excluding hydrogens is 697 g/mol. The Balaban J connectivity index is 1.57. The van der Waals surface area contributed by atoms with Gasteiger partial charge >= 0.3 is 18.0 Å². The molecule has 0 radical (unpaired) electrons. The number of halogens is 7. The molecule has 2 heterocycles. The van der Waals surface area contributed by atoms with Crippen molar-refractivity contribution in [1.29, 1.82) is 0 Å². The fourth-order valence-electron chi connectivity index (χ4n) is 6.61. The maximum absolute atomic E-state index is 14.6. The summed E-state index contributed by atoms with van der Waals surface area (Å²) < 4.78 is 138. The average molecular weight is 731 g/mol. The fourth-order valence-corrected chi connectivity index (χ4v) is 8.69. The van der Waals surface area contributed by atoms with E-state index in [0.717, 1.165) is 60.7 Å². The lowest BCUT2D eigenvalue weighted by molar-refractivity contribution is -0.365. The zero-order valence-corrected chi connectivity index (χ0v) is 27.7. The molecule has 16 heteroatoms. The summed E-state index contributed by atoms with van der Waals surface area (Å²) in [5, 5.41) is 0. The first-order valence-corrected chi connectivity index (χ1v) is 17.0. The molecule has 3 aromatic carbocycles. The van der Waals surface area contributed by atoms with Crippen LogP contribution in [0.25, 0.3) is 0 Å². The van der Waals surface area contributed by atoms with Gasteiger partial charge in [0, 0.05) is 44.6 Å². The Hall–Kier alpha value is -4.34. The molecule has 1 unspecified atom stereocenters. The second-order valence-corrected chi connectivity index (χ2v) is 14.5. The normalized spacial score (nSPS) is 19.4. The van der Waals surface area contributed by atoms with E-state index in [1.807, 2.05) is 0 Å². The lowest BCUT2D eigenvalue weighted by atomic mass is 9.88. The number of hydrogen-bond donors (Lipinski definition) is 0. The first kappa shape index (κ1) is 36.9. The van der Waals surface area contributed by atoms with Crippen LogP contribution in [0.2, 0.25) is 0 Å². The maximum Gasteiger partial charge on any atom is 0.442 e. The van der Waals surface area contributed by atoms with Crippen molar-refractivity contribution in [2.45, 2.75) is 53.8 Å². The zero-order chi connectivity index (χ0) is 36.7. The summed E-state index contributed by atoms with van der Waals surface area (Å²) in [6, 6.07) is 10.6. The molecule has 3 aromatic rings. The maximum atomic E-state index is 14.6. The molecule has 270 valence electrons. The number of carbonyl (C=O) groups is 2.